The first kappa shape index (κ1) is 39.4. The van der Waals surface area contributed by atoms with Crippen LogP contribution < -0.4 is 5.11 Å². The van der Waals surface area contributed by atoms with Gasteiger partial charge >= 0.3 is 17.1 Å². The van der Waals surface area contributed by atoms with Gasteiger partial charge in [0, 0.05) is 49.7 Å². The summed E-state index contributed by atoms with van der Waals surface area (Å²) in [7, 11) is 0. The van der Waals surface area contributed by atoms with Crippen molar-refractivity contribution >= 4 is 43.6 Å². The summed E-state index contributed by atoms with van der Waals surface area (Å²) in [5, 5.41) is 35.2. The van der Waals surface area contributed by atoms with Gasteiger partial charge in [-0.25, -0.2) is 0 Å². The molecule has 282 valence electrons. The van der Waals surface area contributed by atoms with Gasteiger partial charge in [-0.2, -0.15) is 0 Å². The topological polar surface area (TPSA) is 115 Å². The van der Waals surface area contributed by atoms with Gasteiger partial charge in [0.1, 0.15) is 11.5 Å². The molecule has 9 rings (SSSR count). The van der Waals surface area contributed by atoms with E-state index in [1.807, 2.05) is 88.4 Å². The van der Waals surface area contributed by atoms with E-state index < -0.39 is 5.41 Å². The summed E-state index contributed by atoms with van der Waals surface area (Å²) >= 11 is 0. The molecule has 0 aliphatic rings. The summed E-state index contributed by atoms with van der Waals surface area (Å²) in [6.07, 6.45) is 0. The fourth-order valence-electron chi connectivity index (χ4n) is 6.80. The van der Waals surface area contributed by atoms with Crippen LogP contribution in [0.1, 0.15) is 46.4 Å². The third-order valence-corrected chi connectivity index (χ3v) is 9.92. The van der Waals surface area contributed by atoms with Crippen LogP contribution in [0.2, 0.25) is 0 Å². The second kappa shape index (κ2) is 16.6. The zero-order chi connectivity index (χ0) is 38.7. The standard InChI is InChI=1S/C20H18O3.2C14H12N2.Cu/c1-20(14-2-8-17(21)9-3-14,15-4-10-18(22)11-5-15)16-6-12-19(23)13-7-16;2*1-9-3-5-11-7-8-12-6-4-10(2)16-14(12)13(11)15-9;/h2-13,21-23H,1H3;2*3-8H,1-2H3;/q;;;+1/p-1. The largest absolute Gasteiger partial charge is 1.00 e. The molecule has 2 N–H and O–H groups in total. The zero-order valence-electron chi connectivity index (χ0n) is 31.7. The first-order valence-corrected chi connectivity index (χ1v) is 18.1. The molecule has 0 spiro atoms. The van der Waals surface area contributed by atoms with Gasteiger partial charge in [-0.15, -0.1) is 5.75 Å². The quantitative estimate of drug-likeness (QED) is 0.104. The fraction of sp³-hybridized carbons (Fsp3) is 0.125. The molecule has 8 heteroatoms. The van der Waals surface area contributed by atoms with E-state index >= 15 is 0 Å². The van der Waals surface area contributed by atoms with Crippen molar-refractivity contribution in [2.45, 2.75) is 40.0 Å². The predicted octanol–water partition coefficient (Wildman–Crippen LogP) is 10.3. The maximum absolute atomic E-state index is 11.4. The van der Waals surface area contributed by atoms with Gasteiger partial charge in [0.2, 0.25) is 0 Å². The fourth-order valence-corrected chi connectivity index (χ4v) is 6.80. The number of nitrogens with zero attached hydrogens (tertiary/aromatic N) is 4. The van der Waals surface area contributed by atoms with Crippen LogP contribution >= 0.6 is 0 Å². The molecule has 0 aliphatic heterocycles. The normalized spacial score (nSPS) is 11.0. The number of aromatic hydroxyl groups is 2. The third kappa shape index (κ3) is 8.32. The van der Waals surface area contributed by atoms with Crippen LogP contribution in [0.4, 0.5) is 0 Å². The van der Waals surface area contributed by atoms with E-state index in [0.717, 1.165) is 83.1 Å². The van der Waals surface area contributed by atoms with E-state index in [1.54, 1.807) is 36.4 Å². The molecule has 0 unspecified atom stereocenters. The SMILES string of the molecule is CC(c1ccc([O-])cc1)(c1ccc(O)cc1)c1ccc(O)cc1.Cc1ccc2ccc3ccc(C)nc3c2n1.Cc1ccc2ccc3ccc(C)nc3c2n1.[Cu+]. The third-order valence-electron chi connectivity index (χ3n) is 9.92. The molecule has 0 saturated carbocycles. The Morgan fingerprint density at radius 3 is 0.875 bits per heavy atom. The molecule has 0 radical (unpaired) electrons. The molecule has 0 fully saturated rings. The molecule has 5 aromatic carbocycles. The Morgan fingerprint density at radius 1 is 0.375 bits per heavy atom. The smallest absolute Gasteiger partial charge is 0.872 e. The maximum atomic E-state index is 11.4. The molecule has 4 aromatic heterocycles. The van der Waals surface area contributed by atoms with Crippen LogP contribution in [0.3, 0.4) is 0 Å². The van der Waals surface area contributed by atoms with E-state index in [1.165, 1.54) is 0 Å². The van der Waals surface area contributed by atoms with Crippen LogP contribution in [0.25, 0.3) is 43.6 Å². The summed E-state index contributed by atoms with van der Waals surface area (Å²) in [5.41, 5.74) is 10.6. The van der Waals surface area contributed by atoms with Gasteiger partial charge in [0.15, 0.2) is 0 Å². The number of aromatic nitrogens is 4. The number of phenolic OH excluding ortho intramolecular Hbond substituents is 2. The summed E-state index contributed by atoms with van der Waals surface area (Å²) in [6, 6.07) is 45.7. The van der Waals surface area contributed by atoms with E-state index in [-0.39, 0.29) is 34.3 Å². The monoisotopic (exact) mass is 784 g/mol. The number of fused-ring (bicyclic) bond motifs is 6. The molecular weight excluding hydrogens is 744 g/mol. The van der Waals surface area contributed by atoms with Gasteiger partial charge in [0.05, 0.1) is 22.1 Å². The van der Waals surface area contributed by atoms with Crippen molar-refractivity contribution in [3.63, 3.8) is 0 Å². The molecule has 0 atom stereocenters. The Bertz CT molecular complexity index is 2430. The Balaban J connectivity index is 0.000000144. The minimum atomic E-state index is -0.505. The second-order valence-electron chi connectivity index (χ2n) is 14.0. The molecule has 7 nitrogen and oxygen atoms in total. The van der Waals surface area contributed by atoms with E-state index in [4.69, 9.17) is 0 Å². The number of aryl methyl sites for hydroxylation is 4. The molecule has 0 saturated heterocycles. The van der Waals surface area contributed by atoms with Crippen molar-refractivity contribution < 1.29 is 32.4 Å². The van der Waals surface area contributed by atoms with Gasteiger partial charge in [-0.05, 0) is 99.8 Å². The molecule has 9 aromatic rings. The van der Waals surface area contributed by atoms with Gasteiger partial charge in [0.25, 0.3) is 0 Å². The van der Waals surface area contributed by atoms with E-state index in [0.29, 0.717) is 0 Å². The van der Waals surface area contributed by atoms with E-state index in [9.17, 15) is 15.3 Å². The molecular formula is C48H41CuN4O3. The number of rotatable bonds is 3. The minimum absolute atomic E-state index is 0. The van der Waals surface area contributed by atoms with Crippen LogP contribution in [0.5, 0.6) is 17.2 Å². The van der Waals surface area contributed by atoms with Crippen LogP contribution in [0.15, 0.2) is 146 Å². The Labute approximate surface area is 336 Å². The average molecular weight is 785 g/mol. The summed E-state index contributed by atoms with van der Waals surface area (Å²) in [4.78, 5) is 18.3. The molecule has 56 heavy (non-hydrogen) atoms. The van der Waals surface area contributed by atoms with Crippen LogP contribution in [0, 0.1) is 27.7 Å². The summed E-state index contributed by atoms with van der Waals surface area (Å²) in [5.74, 6) is 0.376. The minimum Gasteiger partial charge on any atom is -0.872 e. The molecule has 0 amide bonds. The van der Waals surface area contributed by atoms with Crippen molar-refractivity contribution in [2.75, 3.05) is 0 Å². The summed E-state index contributed by atoms with van der Waals surface area (Å²) < 4.78 is 0. The first-order valence-electron chi connectivity index (χ1n) is 18.1. The molecule has 0 bridgehead atoms. The Kier molecular flexibility index (Phi) is 11.6. The Hall–Kier alpha value is -6.34. The number of pyridine rings is 4. The van der Waals surface area contributed by atoms with Crippen molar-refractivity contribution in [3.8, 4) is 17.2 Å². The first-order chi connectivity index (χ1) is 26.5. The van der Waals surface area contributed by atoms with Crippen molar-refractivity contribution in [1.82, 2.24) is 19.9 Å². The number of benzene rings is 5. The van der Waals surface area contributed by atoms with Crippen LogP contribution in [-0.2, 0) is 22.5 Å². The van der Waals surface area contributed by atoms with Crippen molar-refractivity contribution in [2.24, 2.45) is 0 Å². The van der Waals surface area contributed by atoms with Gasteiger partial charge in [-0.3, -0.25) is 19.9 Å². The number of hydrogen-bond donors (Lipinski definition) is 2. The number of hydrogen-bond acceptors (Lipinski definition) is 7. The Morgan fingerprint density at radius 2 is 0.607 bits per heavy atom. The summed E-state index contributed by atoms with van der Waals surface area (Å²) in [6.45, 7) is 10.1. The molecule has 4 heterocycles. The maximum Gasteiger partial charge on any atom is 1.00 e. The average Bonchev–Trinajstić information content (AvgIpc) is 3.19. The number of phenols is 2. The van der Waals surface area contributed by atoms with Crippen molar-refractivity contribution in [1.29, 1.82) is 0 Å². The molecule has 0 aliphatic carbocycles. The predicted molar refractivity (Wildman–Crippen MR) is 221 cm³/mol. The van der Waals surface area contributed by atoms with Crippen LogP contribution in [-0.4, -0.2) is 30.1 Å². The van der Waals surface area contributed by atoms with Gasteiger partial charge in [-0.1, -0.05) is 97.1 Å². The van der Waals surface area contributed by atoms with E-state index in [2.05, 4.69) is 75.4 Å². The van der Waals surface area contributed by atoms with Gasteiger partial charge < -0.3 is 15.3 Å². The zero-order valence-corrected chi connectivity index (χ0v) is 32.7. The second-order valence-corrected chi connectivity index (χ2v) is 14.0. The van der Waals surface area contributed by atoms with Crippen molar-refractivity contribution in [3.05, 3.63) is 185 Å².